The summed E-state index contributed by atoms with van der Waals surface area (Å²) in [5.74, 6) is -1.62. The summed E-state index contributed by atoms with van der Waals surface area (Å²) >= 11 is 0. The lowest BCUT2D eigenvalue weighted by atomic mass is 9.69. The summed E-state index contributed by atoms with van der Waals surface area (Å²) < 4.78 is 59.4. The Labute approximate surface area is 267 Å². The molecule has 6 rings (SSSR count). The molecule has 0 aromatic heterocycles. The second kappa shape index (κ2) is 14.3. The standard InChI is InChI=1S/C33H43FN2O3.C2HF3O2/c1-22-17-26-30(38-2)14-13-28(34)31(26)33(21-39-22)20-35-19-27(33)32(37)36-16-15-25(23-9-5-3-6-10-23)18-29(36)24-11-7-4-8-12-24;3-2(4,5)1(6)7/h3,5-6,9-10,13-14,22,24-25,27,29,35H,4,7-8,11-12,15-21H2,1-2H3;(H,6,7)/t22?,25-,27?,29+,33+;/m1./s1. The van der Waals surface area contributed by atoms with Gasteiger partial charge in [0.15, 0.2) is 0 Å². The van der Waals surface area contributed by atoms with Crippen molar-refractivity contribution in [1.82, 2.24) is 4.90 Å². The van der Waals surface area contributed by atoms with E-state index in [1.807, 2.05) is 6.92 Å². The molecular weight excluding hydrogens is 604 g/mol. The van der Waals surface area contributed by atoms with Crippen LogP contribution in [0, 0.1) is 17.7 Å². The number of nitrogens with two attached hydrogens (primary N) is 1. The highest BCUT2D eigenvalue weighted by molar-refractivity contribution is 5.82. The van der Waals surface area contributed by atoms with Crippen LogP contribution in [-0.4, -0.2) is 68.4 Å². The topological polar surface area (TPSA) is 95.5 Å². The summed E-state index contributed by atoms with van der Waals surface area (Å²) in [5.41, 5.74) is 2.24. The number of halogens is 4. The molecule has 3 fully saturated rings. The van der Waals surface area contributed by atoms with E-state index in [1.54, 1.807) is 13.2 Å². The molecule has 2 N–H and O–H groups in total. The van der Waals surface area contributed by atoms with Crippen LogP contribution in [0.1, 0.15) is 74.5 Å². The molecule has 1 spiro atoms. The molecule has 7 nitrogen and oxygen atoms in total. The van der Waals surface area contributed by atoms with E-state index < -0.39 is 17.6 Å². The molecule has 2 aromatic carbocycles. The number of carboxylic acid groups (broad SMARTS) is 1. The lowest BCUT2D eigenvalue weighted by Gasteiger charge is -2.46. The molecular formula is C35H44F4N2O5. The number of carboxylic acids is 1. The molecule has 2 unspecified atom stereocenters. The third-order valence-corrected chi connectivity index (χ3v) is 10.6. The summed E-state index contributed by atoms with van der Waals surface area (Å²) in [7, 11) is 1.64. The fraction of sp³-hybridized carbons (Fsp3) is 0.600. The van der Waals surface area contributed by atoms with Gasteiger partial charge in [0.25, 0.3) is 0 Å². The largest absolute Gasteiger partial charge is 0.542 e. The van der Waals surface area contributed by atoms with Gasteiger partial charge in [-0.25, -0.2) is 4.39 Å². The Morgan fingerprint density at radius 1 is 1.07 bits per heavy atom. The van der Waals surface area contributed by atoms with E-state index in [2.05, 4.69) is 40.5 Å². The SMILES string of the molecule is COc1ccc(F)c2c1CC(C)OC[C@]21C[NH2+]CC1C(=O)N1CC[C@@H](c2ccccc2)C[C@H]1C1CCCCC1.O=C([O-])C(F)(F)F. The summed E-state index contributed by atoms with van der Waals surface area (Å²) in [6.45, 7) is 4.50. The lowest BCUT2D eigenvalue weighted by molar-refractivity contribution is -0.640. The van der Waals surface area contributed by atoms with Gasteiger partial charge in [-0.3, -0.25) is 4.79 Å². The van der Waals surface area contributed by atoms with Crippen LogP contribution >= 0.6 is 0 Å². The summed E-state index contributed by atoms with van der Waals surface area (Å²) in [5, 5.41) is 11.0. The number of quaternary nitrogens is 1. The quantitative estimate of drug-likeness (QED) is 0.508. The summed E-state index contributed by atoms with van der Waals surface area (Å²) in [4.78, 5) is 25.8. The number of benzene rings is 2. The van der Waals surface area contributed by atoms with Gasteiger partial charge in [0.05, 0.1) is 38.3 Å². The number of amides is 1. The van der Waals surface area contributed by atoms with E-state index in [9.17, 15) is 18.0 Å². The molecule has 252 valence electrons. The third-order valence-electron chi connectivity index (χ3n) is 10.6. The molecule has 2 aromatic rings. The van der Waals surface area contributed by atoms with Gasteiger partial charge in [-0.1, -0.05) is 49.6 Å². The number of hydrogen-bond donors (Lipinski definition) is 1. The average Bonchev–Trinajstić information content (AvgIpc) is 3.41. The minimum absolute atomic E-state index is 0.0632. The van der Waals surface area contributed by atoms with Crippen LogP contribution in [0.3, 0.4) is 0 Å². The Balaban J connectivity index is 0.000000537. The van der Waals surface area contributed by atoms with E-state index in [0.717, 1.165) is 24.9 Å². The molecule has 11 heteroatoms. The van der Waals surface area contributed by atoms with E-state index in [4.69, 9.17) is 19.4 Å². The van der Waals surface area contributed by atoms with Crippen LogP contribution in [0.15, 0.2) is 42.5 Å². The van der Waals surface area contributed by atoms with Crippen LogP contribution < -0.4 is 15.2 Å². The van der Waals surface area contributed by atoms with Crippen molar-refractivity contribution in [2.24, 2.45) is 11.8 Å². The number of hydrogen-bond acceptors (Lipinski definition) is 5. The van der Waals surface area contributed by atoms with Crippen molar-refractivity contribution in [1.29, 1.82) is 0 Å². The van der Waals surface area contributed by atoms with E-state index in [1.165, 1.54) is 43.7 Å². The van der Waals surface area contributed by atoms with Gasteiger partial charge < -0.3 is 29.6 Å². The van der Waals surface area contributed by atoms with Gasteiger partial charge >= 0.3 is 6.18 Å². The molecule has 3 heterocycles. The van der Waals surface area contributed by atoms with Gasteiger partial charge in [0.1, 0.15) is 23.5 Å². The lowest BCUT2D eigenvalue weighted by Crippen LogP contribution is -2.82. The van der Waals surface area contributed by atoms with Crippen molar-refractivity contribution in [2.45, 2.75) is 87.9 Å². The Morgan fingerprint density at radius 3 is 2.41 bits per heavy atom. The predicted octanol–water partition coefficient (Wildman–Crippen LogP) is 3.88. The first kappa shape index (κ1) is 34.2. The molecule has 5 atom stereocenters. The van der Waals surface area contributed by atoms with E-state index >= 15 is 4.39 Å². The van der Waals surface area contributed by atoms with Crippen LogP contribution in [0.25, 0.3) is 0 Å². The van der Waals surface area contributed by atoms with Crippen molar-refractivity contribution < 1.29 is 47.0 Å². The maximum Gasteiger partial charge on any atom is 0.430 e. The first-order valence-electron chi connectivity index (χ1n) is 16.4. The second-order valence-electron chi connectivity index (χ2n) is 13.3. The minimum atomic E-state index is -5.19. The molecule has 1 aliphatic carbocycles. The number of ether oxygens (including phenoxy) is 2. The Morgan fingerprint density at radius 2 is 1.76 bits per heavy atom. The Bertz CT molecular complexity index is 1370. The number of likely N-dealkylation sites (tertiary alicyclic amines) is 1. The van der Waals surface area contributed by atoms with Gasteiger partial charge in [-0.2, -0.15) is 13.2 Å². The number of fused-ring (bicyclic) bond motifs is 2. The fourth-order valence-corrected chi connectivity index (χ4v) is 8.36. The zero-order valence-electron chi connectivity index (χ0n) is 26.5. The molecule has 1 saturated carbocycles. The normalized spacial score (nSPS) is 28.5. The second-order valence-corrected chi connectivity index (χ2v) is 13.3. The van der Waals surface area contributed by atoms with Gasteiger partial charge in [-0.15, -0.1) is 0 Å². The number of methoxy groups -OCH3 is 1. The number of rotatable bonds is 4. The number of carbonyl (C=O) groups excluding carboxylic acids is 2. The molecule has 2 saturated heterocycles. The van der Waals surface area contributed by atoms with Crippen molar-refractivity contribution in [3.05, 3.63) is 65.0 Å². The molecule has 3 aliphatic heterocycles. The Kier molecular flexibility index (Phi) is 10.6. The summed E-state index contributed by atoms with van der Waals surface area (Å²) in [6.07, 6.45) is 3.55. The Hall–Kier alpha value is -3.18. The van der Waals surface area contributed by atoms with Crippen LogP contribution in [0.4, 0.5) is 17.6 Å². The van der Waals surface area contributed by atoms with Crippen LogP contribution in [-0.2, 0) is 26.2 Å². The highest BCUT2D eigenvalue weighted by Gasteiger charge is 2.57. The van der Waals surface area contributed by atoms with Crippen LogP contribution in [0.5, 0.6) is 5.75 Å². The number of piperidine rings is 1. The maximum absolute atomic E-state index is 15.8. The minimum Gasteiger partial charge on any atom is -0.542 e. The van der Waals surface area contributed by atoms with Crippen molar-refractivity contribution in [3.8, 4) is 5.75 Å². The zero-order chi connectivity index (χ0) is 33.1. The van der Waals surface area contributed by atoms with Gasteiger partial charge in [0, 0.05) is 30.1 Å². The zero-order valence-corrected chi connectivity index (χ0v) is 26.5. The first-order chi connectivity index (χ1) is 22.0. The van der Waals surface area contributed by atoms with Crippen molar-refractivity contribution >= 4 is 11.9 Å². The van der Waals surface area contributed by atoms with Crippen LogP contribution in [0.2, 0.25) is 0 Å². The third kappa shape index (κ3) is 7.05. The molecule has 1 amide bonds. The van der Waals surface area contributed by atoms with Crippen molar-refractivity contribution in [2.75, 3.05) is 33.4 Å². The first-order valence-corrected chi connectivity index (χ1v) is 16.4. The molecule has 46 heavy (non-hydrogen) atoms. The number of carbonyl (C=O) groups is 2. The summed E-state index contributed by atoms with van der Waals surface area (Å²) in [6, 6.07) is 14.3. The van der Waals surface area contributed by atoms with E-state index in [0.29, 0.717) is 49.3 Å². The highest BCUT2D eigenvalue weighted by atomic mass is 19.4. The number of alkyl halides is 3. The average molecular weight is 649 g/mol. The maximum atomic E-state index is 15.8. The smallest absolute Gasteiger partial charge is 0.430 e. The highest BCUT2D eigenvalue weighted by Crippen LogP contribution is 2.46. The monoisotopic (exact) mass is 648 g/mol. The van der Waals surface area contributed by atoms with Gasteiger partial charge in [-0.05, 0) is 62.1 Å². The molecule has 4 aliphatic rings. The molecule has 0 bridgehead atoms. The number of aliphatic carboxylic acids is 1. The van der Waals surface area contributed by atoms with Crippen molar-refractivity contribution in [3.63, 3.8) is 0 Å². The molecule has 0 radical (unpaired) electrons. The van der Waals surface area contributed by atoms with Gasteiger partial charge in [0.2, 0.25) is 5.91 Å². The van der Waals surface area contributed by atoms with E-state index in [-0.39, 0.29) is 29.8 Å². The fourth-order valence-electron chi connectivity index (χ4n) is 8.36. The predicted molar refractivity (Wildman–Crippen MR) is 160 cm³/mol. The number of nitrogens with zero attached hydrogens (tertiary/aromatic N) is 1.